The van der Waals surface area contributed by atoms with Gasteiger partial charge in [0.2, 0.25) is 0 Å². The number of hydrogen-bond acceptors (Lipinski definition) is 3. The van der Waals surface area contributed by atoms with Gasteiger partial charge in [0.25, 0.3) is 5.91 Å². The van der Waals surface area contributed by atoms with Gasteiger partial charge in [-0.05, 0) is 31.0 Å². The van der Waals surface area contributed by atoms with Crippen LogP contribution in [0, 0.1) is 6.92 Å². The number of carbonyl (C=O) groups excluding carboxylic acids is 1. The number of anilines is 1. The molecule has 1 unspecified atom stereocenters. The quantitative estimate of drug-likeness (QED) is 0.885. The van der Waals surface area contributed by atoms with E-state index in [-0.39, 0.29) is 11.9 Å². The van der Waals surface area contributed by atoms with Gasteiger partial charge in [-0.1, -0.05) is 24.3 Å². The fraction of sp³-hybridized carbons (Fsp3) is 0.200. The van der Waals surface area contributed by atoms with Crippen molar-refractivity contribution >= 4 is 11.6 Å². The minimum Gasteiger partial charge on any atom is -0.397 e. The minimum atomic E-state index is -0.185. The summed E-state index contributed by atoms with van der Waals surface area (Å²) in [5.74, 6) is -0.185. The second kappa shape index (κ2) is 5.52. The molecule has 0 fully saturated rings. The number of carbonyl (C=O) groups is 1. The van der Waals surface area contributed by atoms with Crippen LogP contribution in [0.15, 0.2) is 42.7 Å². The van der Waals surface area contributed by atoms with Crippen LogP contribution >= 0.6 is 0 Å². The molecule has 0 spiro atoms. The summed E-state index contributed by atoms with van der Waals surface area (Å²) in [6, 6.07) is 9.53. The summed E-state index contributed by atoms with van der Waals surface area (Å²) in [6.45, 7) is 3.98. The van der Waals surface area contributed by atoms with Gasteiger partial charge < -0.3 is 11.1 Å². The van der Waals surface area contributed by atoms with Gasteiger partial charge in [0.05, 0.1) is 23.5 Å². The van der Waals surface area contributed by atoms with E-state index in [0.717, 1.165) is 11.1 Å². The molecule has 98 valence electrons. The van der Waals surface area contributed by atoms with E-state index in [2.05, 4.69) is 10.3 Å². The zero-order valence-corrected chi connectivity index (χ0v) is 11.1. The Hall–Kier alpha value is -2.36. The summed E-state index contributed by atoms with van der Waals surface area (Å²) in [6.07, 6.45) is 3.04. The maximum absolute atomic E-state index is 12.1. The Morgan fingerprint density at radius 1 is 1.32 bits per heavy atom. The number of nitrogens with zero attached hydrogens (tertiary/aromatic N) is 1. The van der Waals surface area contributed by atoms with Crippen molar-refractivity contribution in [1.29, 1.82) is 0 Å². The van der Waals surface area contributed by atoms with Gasteiger partial charge in [-0.15, -0.1) is 0 Å². The molecule has 4 nitrogen and oxygen atoms in total. The lowest BCUT2D eigenvalue weighted by molar-refractivity contribution is 0.0940. The van der Waals surface area contributed by atoms with Crippen molar-refractivity contribution in [2.75, 3.05) is 5.73 Å². The number of nitrogens with two attached hydrogens (primary N) is 1. The second-order valence-electron chi connectivity index (χ2n) is 4.51. The molecule has 1 atom stereocenters. The molecular weight excluding hydrogens is 238 g/mol. The predicted octanol–water partition coefficient (Wildman–Crippen LogP) is 2.46. The molecular formula is C15H17N3O. The molecule has 19 heavy (non-hydrogen) atoms. The van der Waals surface area contributed by atoms with Gasteiger partial charge >= 0.3 is 0 Å². The first-order valence-corrected chi connectivity index (χ1v) is 6.15. The van der Waals surface area contributed by atoms with Crippen LogP contribution in [0.4, 0.5) is 5.69 Å². The molecule has 1 aromatic heterocycles. The zero-order valence-electron chi connectivity index (χ0n) is 11.1. The number of nitrogens with one attached hydrogen (secondary N) is 1. The number of benzene rings is 1. The summed E-state index contributed by atoms with van der Waals surface area (Å²) < 4.78 is 0. The topological polar surface area (TPSA) is 68.0 Å². The first-order valence-electron chi connectivity index (χ1n) is 6.15. The molecule has 0 saturated carbocycles. The molecule has 4 heteroatoms. The fourth-order valence-corrected chi connectivity index (χ4v) is 2.04. The first kappa shape index (κ1) is 13.1. The summed E-state index contributed by atoms with van der Waals surface area (Å²) in [7, 11) is 0. The van der Waals surface area contributed by atoms with Gasteiger partial charge in [-0.25, -0.2) is 0 Å². The van der Waals surface area contributed by atoms with Gasteiger partial charge in [0.15, 0.2) is 0 Å². The number of rotatable bonds is 3. The highest BCUT2D eigenvalue weighted by Gasteiger charge is 2.14. The summed E-state index contributed by atoms with van der Waals surface area (Å²) in [5, 5.41) is 2.95. The largest absolute Gasteiger partial charge is 0.397 e. The third kappa shape index (κ3) is 2.91. The molecule has 0 saturated heterocycles. The molecule has 0 bridgehead atoms. The average Bonchev–Trinajstić information content (AvgIpc) is 2.39. The lowest BCUT2D eigenvalue weighted by Crippen LogP contribution is -2.27. The molecule has 1 aromatic carbocycles. The van der Waals surface area contributed by atoms with Crippen LogP contribution in [0.3, 0.4) is 0 Å². The summed E-state index contributed by atoms with van der Waals surface area (Å²) in [5.41, 5.74) is 8.83. The van der Waals surface area contributed by atoms with Gasteiger partial charge in [-0.3, -0.25) is 9.78 Å². The van der Waals surface area contributed by atoms with Crippen molar-refractivity contribution in [1.82, 2.24) is 10.3 Å². The van der Waals surface area contributed by atoms with Crippen LogP contribution < -0.4 is 11.1 Å². The Morgan fingerprint density at radius 2 is 2.05 bits per heavy atom. The van der Waals surface area contributed by atoms with Crippen LogP contribution in [0.1, 0.15) is 34.5 Å². The molecule has 0 aliphatic heterocycles. The maximum atomic E-state index is 12.1. The van der Waals surface area contributed by atoms with Crippen molar-refractivity contribution in [3.05, 3.63) is 59.4 Å². The average molecular weight is 255 g/mol. The van der Waals surface area contributed by atoms with Gasteiger partial charge in [-0.2, -0.15) is 0 Å². The first-order chi connectivity index (χ1) is 9.09. The van der Waals surface area contributed by atoms with Crippen molar-refractivity contribution in [2.45, 2.75) is 19.9 Å². The molecule has 1 amide bonds. The van der Waals surface area contributed by atoms with Crippen molar-refractivity contribution < 1.29 is 4.79 Å². The Morgan fingerprint density at radius 3 is 2.74 bits per heavy atom. The standard InChI is InChI=1S/C15H17N3O/c1-10-5-3-4-6-12(10)11(2)18-15(19)13-7-8-17-9-14(13)16/h3-9,11H,16H2,1-2H3,(H,18,19). The number of aromatic nitrogens is 1. The van der Waals surface area contributed by atoms with E-state index in [4.69, 9.17) is 5.73 Å². The molecule has 0 aliphatic carbocycles. The number of aryl methyl sites for hydroxylation is 1. The molecule has 0 radical (unpaired) electrons. The Kier molecular flexibility index (Phi) is 3.80. The Balaban J connectivity index is 2.16. The third-order valence-electron chi connectivity index (χ3n) is 3.10. The highest BCUT2D eigenvalue weighted by Crippen LogP contribution is 2.18. The zero-order chi connectivity index (χ0) is 13.8. The van der Waals surface area contributed by atoms with E-state index >= 15 is 0 Å². The van der Waals surface area contributed by atoms with Crippen molar-refractivity contribution in [3.63, 3.8) is 0 Å². The van der Waals surface area contributed by atoms with E-state index in [9.17, 15) is 4.79 Å². The number of pyridine rings is 1. The van der Waals surface area contributed by atoms with E-state index in [0.29, 0.717) is 11.3 Å². The lowest BCUT2D eigenvalue weighted by Gasteiger charge is -2.17. The van der Waals surface area contributed by atoms with Crippen LogP contribution in [0.25, 0.3) is 0 Å². The van der Waals surface area contributed by atoms with Crippen LogP contribution in [-0.2, 0) is 0 Å². The van der Waals surface area contributed by atoms with Gasteiger partial charge in [0.1, 0.15) is 0 Å². The number of amides is 1. The molecule has 0 aliphatic rings. The van der Waals surface area contributed by atoms with Crippen LogP contribution in [-0.4, -0.2) is 10.9 Å². The fourth-order valence-electron chi connectivity index (χ4n) is 2.04. The Labute approximate surface area is 112 Å². The van der Waals surface area contributed by atoms with Crippen LogP contribution in [0.2, 0.25) is 0 Å². The normalized spacial score (nSPS) is 11.9. The summed E-state index contributed by atoms with van der Waals surface area (Å²) in [4.78, 5) is 16.0. The number of nitrogen functional groups attached to an aromatic ring is 1. The predicted molar refractivity (Wildman–Crippen MR) is 75.7 cm³/mol. The SMILES string of the molecule is Cc1ccccc1C(C)NC(=O)c1ccncc1N. The molecule has 1 heterocycles. The van der Waals surface area contributed by atoms with E-state index in [1.807, 2.05) is 38.1 Å². The highest BCUT2D eigenvalue weighted by atomic mass is 16.1. The van der Waals surface area contributed by atoms with E-state index < -0.39 is 0 Å². The minimum absolute atomic E-state index is 0.0683. The second-order valence-corrected chi connectivity index (χ2v) is 4.51. The van der Waals surface area contributed by atoms with Crippen LogP contribution in [0.5, 0.6) is 0 Å². The lowest BCUT2D eigenvalue weighted by atomic mass is 10.0. The van der Waals surface area contributed by atoms with E-state index in [1.165, 1.54) is 6.20 Å². The third-order valence-corrected chi connectivity index (χ3v) is 3.10. The van der Waals surface area contributed by atoms with E-state index in [1.54, 1.807) is 12.3 Å². The smallest absolute Gasteiger partial charge is 0.253 e. The highest BCUT2D eigenvalue weighted by molar-refractivity contribution is 5.99. The van der Waals surface area contributed by atoms with Crippen molar-refractivity contribution in [3.8, 4) is 0 Å². The van der Waals surface area contributed by atoms with Gasteiger partial charge in [0, 0.05) is 6.20 Å². The molecule has 2 rings (SSSR count). The maximum Gasteiger partial charge on any atom is 0.253 e. The Bertz CT molecular complexity index is 595. The summed E-state index contributed by atoms with van der Waals surface area (Å²) >= 11 is 0. The molecule has 2 aromatic rings. The van der Waals surface area contributed by atoms with Crippen molar-refractivity contribution in [2.24, 2.45) is 0 Å². The monoisotopic (exact) mass is 255 g/mol. The number of hydrogen-bond donors (Lipinski definition) is 2. The molecule has 3 N–H and O–H groups in total.